The first-order valence-corrected chi connectivity index (χ1v) is 2.83. The first-order valence-electron chi connectivity index (χ1n) is 2.50. The summed E-state index contributed by atoms with van der Waals surface area (Å²) in [5, 5.41) is 0. The summed E-state index contributed by atoms with van der Waals surface area (Å²) < 4.78 is 1.67. The van der Waals surface area contributed by atoms with Gasteiger partial charge in [-0.1, -0.05) is 13.8 Å². The van der Waals surface area contributed by atoms with Gasteiger partial charge in [0, 0.05) is 13.6 Å². The second kappa shape index (κ2) is 3.28. The van der Waals surface area contributed by atoms with E-state index in [1.165, 1.54) is 0 Å². The fraction of sp³-hybridized carbons (Fsp3) is 1.00. The molecule has 0 saturated carbocycles. The molecule has 0 atom stereocenters. The first-order chi connectivity index (χ1) is 3.13. The molecule has 0 saturated heterocycles. The molecule has 2 heteroatoms. The fourth-order valence-corrected chi connectivity index (χ4v) is 0.779. The van der Waals surface area contributed by atoms with Crippen LogP contribution in [0.15, 0.2) is 0 Å². The normalized spacial score (nSPS) is 11.1. The van der Waals surface area contributed by atoms with Crippen LogP contribution in [0.3, 0.4) is 0 Å². The van der Waals surface area contributed by atoms with Gasteiger partial charge in [-0.25, -0.2) is 4.42 Å². The van der Waals surface area contributed by atoms with Gasteiger partial charge in [-0.3, -0.25) is 0 Å². The van der Waals surface area contributed by atoms with Gasteiger partial charge in [0.15, 0.2) is 0 Å². The van der Waals surface area contributed by atoms with E-state index >= 15 is 0 Å². The number of hydrogen-bond acceptors (Lipinski definition) is 1. The van der Waals surface area contributed by atoms with Crippen LogP contribution in [0.4, 0.5) is 0 Å². The number of rotatable bonds is 2. The lowest BCUT2D eigenvalue weighted by Crippen LogP contribution is -2.11. The smallest absolute Gasteiger partial charge is 0.0158 e. The van der Waals surface area contributed by atoms with Crippen molar-refractivity contribution in [3.8, 4) is 0 Å². The highest BCUT2D eigenvalue weighted by Crippen LogP contribution is 1.96. The van der Waals surface area contributed by atoms with Crippen LogP contribution < -0.4 is 0 Å². The van der Waals surface area contributed by atoms with Gasteiger partial charge in [-0.2, -0.15) is 0 Å². The van der Waals surface area contributed by atoms with Crippen LogP contribution in [-0.2, 0) is 0 Å². The summed E-state index contributed by atoms with van der Waals surface area (Å²) in [7, 11) is 1.86. The van der Waals surface area contributed by atoms with Crippen molar-refractivity contribution in [2.45, 2.75) is 13.8 Å². The van der Waals surface area contributed by atoms with Crippen molar-refractivity contribution >= 4 is 11.8 Å². The lowest BCUT2D eigenvalue weighted by atomic mass is 10.2. The zero-order valence-electron chi connectivity index (χ0n) is 5.11. The van der Waals surface area contributed by atoms with E-state index in [-0.39, 0.29) is 0 Å². The molecule has 0 bridgehead atoms. The van der Waals surface area contributed by atoms with Crippen LogP contribution in [-0.4, -0.2) is 18.0 Å². The molecule has 0 amide bonds. The summed E-state index contributed by atoms with van der Waals surface area (Å²) in [6.07, 6.45) is 0. The third kappa shape index (κ3) is 6.25. The van der Waals surface area contributed by atoms with Crippen LogP contribution in [0, 0.1) is 5.92 Å². The molecule has 44 valence electrons. The van der Waals surface area contributed by atoms with E-state index in [2.05, 4.69) is 13.8 Å². The van der Waals surface area contributed by atoms with Gasteiger partial charge in [0.2, 0.25) is 0 Å². The average molecular weight is 122 g/mol. The van der Waals surface area contributed by atoms with Gasteiger partial charge in [-0.15, -0.1) is 0 Å². The monoisotopic (exact) mass is 121 g/mol. The van der Waals surface area contributed by atoms with Crippen molar-refractivity contribution in [2.24, 2.45) is 5.92 Å². The standard InChI is InChI=1S/C5H12ClN/c1-5(2)4-7(3)6/h5H,4H2,1-3H3. The molecule has 0 radical (unpaired) electrons. The van der Waals surface area contributed by atoms with E-state index in [1.54, 1.807) is 4.42 Å². The predicted molar refractivity (Wildman–Crippen MR) is 33.3 cm³/mol. The van der Waals surface area contributed by atoms with E-state index in [9.17, 15) is 0 Å². The average Bonchev–Trinajstić information content (AvgIpc) is 1.27. The molecule has 0 aliphatic carbocycles. The summed E-state index contributed by atoms with van der Waals surface area (Å²) in [5.74, 6) is 0.669. The Balaban J connectivity index is 2.95. The van der Waals surface area contributed by atoms with Crippen molar-refractivity contribution in [2.75, 3.05) is 13.6 Å². The molecule has 0 unspecified atom stereocenters. The Bertz CT molecular complexity index is 37.3. The molecule has 0 fully saturated rings. The molecule has 0 rings (SSSR count). The lowest BCUT2D eigenvalue weighted by Gasteiger charge is -2.07. The quantitative estimate of drug-likeness (QED) is 0.503. The fourth-order valence-electron chi connectivity index (χ4n) is 0.503. The Morgan fingerprint density at radius 2 is 2.00 bits per heavy atom. The summed E-state index contributed by atoms with van der Waals surface area (Å²) in [5.41, 5.74) is 0. The highest BCUT2D eigenvalue weighted by atomic mass is 35.5. The van der Waals surface area contributed by atoms with E-state index in [4.69, 9.17) is 11.8 Å². The molecule has 7 heavy (non-hydrogen) atoms. The molecular weight excluding hydrogens is 110 g/mol. The van der Waals surface area contributed by atoms with Crippen LogP contribution in [0.1, 0.15) is 13.8 Å². The molecule has 0 aliphatic rings. The minimum Gasteiger partial charge on any atom is -0.223 e. The van der Waals surface area contributed by atoms with Gasteiger partial charge in [0.25, 0.3) is 0 Å². The van der Waals surface area contributed by atoms with Crippen molar-refractivity contribution in [3.05, 3.63) is 0 Å². The zero-order valence-corrected chi connectivity index (χ0v) is 5.87. The molecule has 0 N–H and O–H groups in total. The van der Waals surface area contributed by atoms with Crippen molar-refractivity contribution in [1.82, 2.24) is 4.42 Å². The number of halogens is 1. The first kappa shape index (κ1) is 7.25. The molecule has 0 aromatic heterocycles. The third-order valence-electron chi connectivity index (χ3n) is 0.617. The maximum atomic E-state index is 5.51. The number of hydrogen-bond donors (Lipinski definition) is 0. The van der Waals surface area contributed by atoms with Crippen molar-refractivity contribution < 1.29 is 0 Å². The molecule has 0 aromatic carbocycles. The Morgan fingerprint density at radius 3 is 2.00 bits per heavy atom. The third-order valence-corrected chi connectivity index (χ3v) is 0.755. The maximum absolute atomic E-state index is 5.51. The van der Waals surface area contributed by atoms with Crippen molar-refractivity contribution in [1.29, 1.82) is 0 Å². The van der Waals surface area contributed by atoms with Crippen LogP contribution in [0.2, 0.25) is 0 Å². The van der Waals surface area contributed by atoms with Gasteiger partial charge in [-0.05, 0) is 17.7 Å². The Hall–Kier alpha value is 0.250. The SMILES string of the molecule is CC(C)CN(C)Cl. The topological polar surface area (TPSA) is 3.24 Å². The summed E-state index contributed by atoms with van der Waals surface area (Å²) >= 11 is 5.51. The van der Waals surface area contributed by atoms with Crippen LogP contribution in [0.5, 0.6) is 0 Å². The van der Waals surface area contributed by atoms with Crippen molar-refractivity contribution in [3.63, 3.8) is 0 Å². The minimum atomic E-state index is 0.669. The van der Waals surface area contributed by atoms with Gasteiger partial charge < -0.3 is 0 Å². The Morgan fingerprint density at radius 1 is 1.57 bits per heavy atom. The van der Waals surface area contributed by atoms with E-state index in [0.29, 0.717) is 5.92 Å². The second-order valence-corrected chi connectivity index (χ2v) is 2.76. The van der Waals surface area contributed by atoms with Crippen LogP contribution in [0.25, 0.3) is 0 Å². The van der Waals surface area contributed by atoms with E-state index in [0.717, 1.165) is 6.54 Å². The van der Waals surface area contributed by atoms with E-state index < -0.39 is 0 Å². The predicted octanol–water partition coefficient (Wildman–Crippen LogP) is 1.73. The van der Waals surface area contributed by atoms with Gasteiger partial charge in [0.1, 0.15) is 0 Å². The molecule has 0 spiro atoms. The Labute approximate surface area is 50.4 Å². The molecule has 0 aromatic rings. The van der Waals surface area contributed by atoms with E-state index in [1.807, 2.05) is 7.05 Å². The number of nitrogens with zero attached hydrogens (tertiary/aromatic N) is 1. The second-order valence-electron chi connectivity index (χ2n) is 2.18. The minimum absolute atomic E-state index is 0.669. The van der Waals surface area contributed by atoms with Gasteiger partial charge >= 0.3 is 0 Å². The molecule has 0 aliphatic heterocycles. The van der Waals surface area contributed by atoms with Crippen LogP contribution >= 0.6 is 11.8 Å². The highest BCUT2D eigenvalue weighted by Gasteiger charge is 1.94. The largest absolute Gasteiger partial charge is 0.223 e. The lowest BCUT2D eigenvalue weighted by molar-refractivity contribution is 0.454. The zero-order chi connectivity index (χ0) is 5.86. The maximum Gasteiger partial charge on any atom is 0.0158 e. The highest BCUT2D eigenvalue weighted by molar-refractivity contribution is 6.13. The van der Waals surface area contributed by atoms with Gasteiger partial charge in [0.05, 0.1) is 0 Å². The molecular formula is C5H12ClN. The Kier molecular flexibility index (Phi) is 3.39. The molecule has 0 heterocycles. The molecule has 1 nitrogen and oxygen atoms in total. The summed E-state index contributed by atoms with van der Waals surface area (Å²) in [6, 6.07) is 0. The summed E-state index contributed by atoms with van der Waals surface area (Å²) in [4.78, 5) is 0. The summed E-state index contributed by atoms with van der Waals surface area (Å²) in [6.45, 7) is 5.24.